The highest BCUT2D eigenvalue weighted by molar-refractivity contribution is 7.89. The summed E-state index contributed by atoms with van der Waals surface area (Å²) in [5, 5.41) is 3.56. The fraction of sp³-hybridized carbons (Fsp3) is 0.600. The SMILES string of the molecule is CNCc1cc(S(=O)(=O)NCC2CCC(C)C2)ccc1Cl. The summed E-state index contributed by atoms with van der Waals surface area (Å²) in [6, 6.07) is 4.83. The van der Waals surface area contributed by atoms with Crippen LogP contribution >= 0.6 is 11.6 Å². The standard InChI is InChI=1S/C15H23ClN2O2S/c1-11-3-4-12(7-11)9-18-21(19,20)14-5-6-15(16)13(8-14)10-17-2/h5-6,8,11-12,17-18H,3-4,7,9-10H2,1-2H3. The Morgan fingerprint density at radius 3 is 2.71 bits per heavy atom. The normalized spacial score (nSPS) is 22.6. The highest BCUT2D eigenvalue weighted by atomic mass is 35.5. The summed E-state index contributed by atoms with van der Waals surface area (Å²) in [7, 11) is -1.66. The summed E-state index contributed by atoms with van der Waals surface area (Å²) in [5.74, 6) is 1.16. The Hall–Kier alpha value is -0.620. The molecule has 0 saturated heterocycles. The van der Waals surface area contributed by atoms with Crippen LogP contribution in [-0.4, -0.2) is 22.0 Å². The van der Waals surface area contributed by atoms with Gasteiger partial charge >= 0.3 is 0 Å². The number of rotatable bonds is 6. The summed E-state index contributed by atoms with van der Waals surface area (Å²) in [5.41, 5.74) is 0.788. The number of hydrogen-bond donors (Lipinski definition) is 2. The molecule has 1 aromatic rings. The minimum atomic E-state index is -3.46. The van der Waals surface area contributed by atoms with E-state index in [1.54, 1.807) is 25.2 Å². The van der Waals surface area contributed by atoms with Crippen LogP contribution in [0.25, 0.3) is 0 Å². The van der Waals surface area contributed by atoms with Crippen molar-refractivity contribution in [1.82, 2.24) is 10.0 Å². The van der Waals surface area contributed by atoms with Crippen LogP contribution in [0, 0.1) is 11.8 Å². The van der Waals surface area contributed by atoms with Gasteiger partial charge in [-0.25, -0.2) is 13.1 Å². The smallest absolute Gasteiger partial charge is 0.240 e. The molecule has 0 spiro atoms. The third-order valence-electron chi connectivity index (χ3n) is 4.06. The van der Waals surface area contributed by atoms with Crippen molar-refractivity contribution in [2.75, 3.05) is 13.6 Å². The average Bonchev–Trinajstić information content (AvgIpc) is 2.85. The number of nitrogens with one attached hydrogen (secondary N) is 2. The molecule has 1 saturated carbocycles. The molecule has 6 heteroatoms. The second-order valence-electron chi connectivity index (χ2n) is 5.92. The van der Waals surface area contributed by atoms with E-state index in [4.69, 9.17) is 11.6 Å². The molecule has 0 aromatic heterocycles. The van der Waals surface area contributed by atoms with Crippen molar-refractivity contribution in [1.29, 1.82) is 0 Å². The Morgan fingerprint density at radius 2 is 2.10 bits per heavy atom. The first-order valence-corrected chi connectivity index (χ1v) is 9.21. The fourth-order valence-electron chi connectivity index (χ4n) is 2.87. The van der Waals surface area contributed by atoms with E-state index in [0.29, 0.717) is 29.9 Å². The lowest BCUT2D eigenvalue weighted by Crippen LogP contribution is -2.28. The number of sulfonamides is 1. The molecule has 2 rings (SSSR count). The molecule has 0 bridgehead atoms. The van der Waals surface area contributed by atoms with Gasteiger partial charge in [-0.2, -0.15) is 0 Å². The zero-order valence-electron chi connectivity index (χ0n) is 12.5. The van der Waals surface area contributed by atoms with Crippen molar-refractivity contribution in [3.8, 4) is 0 Å². The number of hydrogen-bond acceptors (Lipinski definition) is 3. The highest BCUT2D eigenvalue weighted by Gasteiger charge is 2.23. The molecule has 0 radical (unpaired) electrons. The summed E-state index contributed by atoms with van der Waals surface area (Å²) >= 11 is 6.07. The number of benzene rings is 1. The Bertz CT molecular complexity index is 589. The minimum Gasteiger partial charge on any atom is -0.316 e. The van der Waals surface area contributed by atoms with Crippen LogP contribution in [0.3, 0.4) is 0 Å². The number of halogens is 1. The maximum absolute atomic E-state index is 12.4. The van der Waals surface area contributed by atoms with Gasteiger partial charge in [0.15, 0.2) is 0 Å². The molecule has 0 aliphatic heterocycles. The van der Waals surface area contributed by atoms with Gasteiger partial charge in [0.1, 0.15) is 0 Å². The molecule has 1 aliphatic rings. The first kappa shape index (κ1) is 16.7. The Labute approximate surface area is 132 Å². The zero-order valence-corrected chi connectivity index (χ0v) is 14.1. The van der Waals surface area contributed by atoms with Crippen LogP contribution in [-0.2, 0) is 16.6 Å². The van der Waals surface area contributed by atoms with Crippen molar-refractivity contribution >= 4 is 21.6 Å². The lowest BCUT2D eigenvalue weighted by Gasteiger charge is -2.13. The van der Waals surface area contributed by atoms with E-state index in [2.05, 4.69) is 17.0 Å². The molecule has 2 atom stereocenters. The second-order valence-corrected chi connectivity index (χ2v) is 8.09. The molecule has 0 amide bonds. The van der Waals surface area contributed by atoms with Crippen LogP contribution in [0.5, 0.6) is 0 Å². The van der Waals surface area contributed by atoms with E-state index in [0.717, 1.165) is 18.4 Å². The van der Waals surface area contributed by atoms with Gasteiger partial charge in [-0.15, -0.1) is 0 Å². The monoisotopic (exact) mass is 330 g/mol. The maximum atomic E-state index is 12.4. The molecular weight excluding hydrogens is 308 g/mol. The summed E-state index contributed by atoms with van der Waals surface area (Å²) in [6.45, 7) is 3.29. The van der Waals surface area contributed by atoms with Gasteiger partial charge in [0.25, 0.3) is 0 Å². The first-order chi connectivity index (χ1) is 9.92. The first-order valence-electron chi connectivity index (χ1n) is 7.35. The molecule has 118 valence electrons. The predicted molar refractivity (Wildman–Crippen MR) is 85.9 cm³/mol. The molecular formula is C15H23ClN2O2S. The van der Waals surface area contributed by atoms with Crippen LogP contribution in [0.4, 0.5) is 0 Å². The van der Waals surface area contributed by atoms with Crippen LogP contribution in [0.1, 0.15) is 31.7 Å². The fourth-order valence-corrected chi connectivity index (χ4v) is 4.22. The molecule has 1 aliphatic carbocycles. The van der Waals surface area contributed by atoms with Crippen LogP contribution in [0.15, 0.2) is 23.1 Å². The lowest BCUT2D eigenvalue weighted by atomic mass is 10.1. The van der Waals surface area contributed by atoms with Gasteiger partial charge in [0.05, 0.1) is 4.90 Å². The van der Waals surface area contributed by atoms with Gasteiger partial charge in [-0.1, -0.05) is 24.9 Å². The molecule has 0 heterocycles. The predicted octanol–water partition coefficient (Wildman–Crippen LogP) is 2.77. The van der Waals surface area contributed by atoms with Gasteiger partial charge in [-0.05, 0) is 55.5 Å². The van der Waals surface area contributed by atoms with E-state index >= 15 is 0 Å². The summed E-state index contributed by atoms with van der Waals surface area (Å²) in [4.78, 5) is 0.281. The van der Waals surface area contributed by atoms with Gasteiger partial charge in [0.2, 0.25) is 10.0 Å². The van der Waals surface area contributed by atoms with E-state index in [1.807, 2.05) is 0 Å². The molecule has 1 aromatic carbocycles. The molecule has 4 nitrogen and oxygen atoms in total. The van der Waals surface area contributed by atoms with Crippen molar-refractivity contribution in [2.24, 2.45) is 11.8 Å². The third-order valence-corrected chi connectivity index (χ3v) is 5.85. The van der Waals surface area contributed by atoms with Crippen LogP contribution < -0.4 is 10.0 Å². The minimum absolute atomic E-state index is 0.281. The molecule has 1 fully saturated rings. The highest BCUT2D eigenvalue weighted by Crippen LogP contribution is 2.30. The van der Waals surface area contributed by atoms with Gasteiger partial charge in [-0.3, -0.25) is 0 Å². The van der Waals surface area contributed by atoms with E-state index < -0.39 is 10.0 Å². The third kappa shape index (κ3) is 4.42. The average molecular weight is 331 g/mol. The van der Waals surface area contributed by atoms with Gasteiger partial charge in [0, 0.05) is 18.1 Å². The topological polar surface area (TPSA) is 58.2 Å². The maximum Gasteiger partial charge on any atom is 0.240 e. The summed E-state index contributed by atoms with van der Waals surface area (Å²) in [6.07, 6.45) is 3.41. The van der Waals surface area contributed by atoms with Crippen LogP contribution in [0.2, 0.25) is 5.02 Å². The second kappa shape index (κ2) is 7.09. The van der Waals surface area contributed by atoms with E-state index in [-0.39, 0.29) is 4.90 Å². The summed E-state index contributed by atoms with van der Waals surface area (Å²) < 4.78 is 27.5. The van der Waals surface area contributed by atoms with E-state index in [1.165, 1.54) is 6.42 Å². The van der Waals surface area contributed by atoms with Crippen molar-refractivity contribution < 1.29 is 8.42 Å². The van der Waals surface area contributed by atoms with Crippen molar-refractivity contribution in [3.05, 3.63) is 28.8 Å². The van der Waals surface area contributed by atoms with Crippen molar-refractivity contribution in [2.45, 2.75) is 37.6 Å². The lowest BCUT2D eigenvalue weighted by molar-refractivity contribution is 0.498. The Kier molecular flexibility index (Phi) is 5.66. The Balaban J connectivity index is 2.06. The van der Waals surface area contributed by atoms with Crippen molar-refractivity contribution in [3.63, 3.8) is 0 Å². The van der Waals surface area contributed by atoms with Gasteiger partial charge < -0.3 is 5.32 Å². The van der Waals surface area contributed by atoms with E-state index in [9.17, 15) is 8.42 Å². The largest absolute Gasteiger partial charge is 0.316 e. The molecule has 2 N–H and O–H groups in total. The Morgan fingerprint density at radius 1 is 1.33 bits per heavy atom. The quantitative estimate of drug-likeness (QED) is 0.843. The molecule has 21 heavy (non-hydrogen) atoms. The molecule has 2 unspecified atom stereocenters. The zero-order chi connectivity index (χ0) is 15.5.